The number of nitrogens with one attached hydrogen (secondary N) is 1. The Balaban J connectivity index is 2.16. The zero-order chi connectivity index (χ0) is 19.8. The first kappa shape index (κ1) is 20.7. The van der Waals surface area contributed by atoms with Crippen molar-refractivity contribution in [3.05, 3.63) is 70.8 Å². The van der Waals surface area contributed by atoms with E-state index >= 15 is 0 Å². The average Bonchev–Trinajstić information content (AvgIpc) is 2.62. The van der Waals surface area contributed by atoms with Gasteiger partial charge in [0.05, 0.1) is 6.42 Å². The normalized spacial score (nSPS) is 11.7. The number of nitrogens with zero attached hydrogens (tertiary/aromatic N) is 1. The molecule has 0 spiro atoms. The van der Waals surface area contributed by atoms with Gasteiger partial charge in [-0.3, -0.25) is 9.59 Å². The Morgan fingerprint density at radius 2 is 1.63 bits per heavy atom. The third-order valence-electron chi connectivity index (χ3n) is 4.64. The van der Waals surface area contributed by atoms with E-state index in [1.54, 1.807) is 11.8 Å². The molecule has 2 amide bonds. The van der Waals surface area contributed by atoms with Crippen molar-refractivity contribution in [1.29, 1.82) is 0 Å². The van der Waals surface area contributed by atoms with Gasteiger partial charge in [0, 0.05) is 13.1 Å². The smallest absolute Gasteiger partial charge is 0.242 e. The van der Waals surface area contributed by atoms with Gasteiger partial charge in [-0.2, -0.15) is 0 Å². The lowest BCUT2D eigenvalue weighted by atomic mass is 10.0. The molecule has 2 rings (SSSR count). The lowest BCUT2D eigenvalue weighted by molar-refractivity contribution is -0.139. The molecule has 4 heteroatoms. The number of carbonyl (C=O) groups excluding carboxylic acids is 2. The van der Waals surface area contributed by atoms with Gasteiger partial charge in [0.25, 0.3) is 0 Å². The van der Waals surface area contributed by atoms with Crippen LogP contribution in [0.2, 0.25) is 0 Å². The number of likely N-dealkylation sites (N-methyl/N-ethyl adjacent to an activating group) is 1. The molecule has 0 aliphatic carbocycles. The fourth-order valence-electron chi connectivity index (χ4n) is 3.34. The van der Waals surface area contributed by atoms with Gasteiger partial charge in [0.1, 0.15) is 6.04 Å². The largest absolute Gasteiger partial charge is 0.355 e. The van der Waals surface area contributed by atoms with Crippen LogP contribution in [0.1, 0.15) is 36.1 Å². The summed E-state index contributed by atoms with van der Waals surface area (Å²) in [5.41, 5.74) is 4.44. The number of rotatable bonds is 8. The topological polar surface area (TPSA) is 49.4 Å². The first-order valence-electron chi connectivity index (χ1n) is 9.59. The molecule has 144 valence electrons. The molecule has 0 aromatic heterocycles. The first-order valence-corrected chi connectivity index (χ1v) is 9.59. The highest BCUT2D eigenvalue weighted by molar-refractivity contribution is 5.88. The van der Waals surface area contributed by atoms with Gasteiger partial charge in [-0.05, 0) is 45.2 Å². The molecule has 1 atom stereocenters. The predicted octanol–water partition coefficient (Wildman–Crippen LogP) is 3.44. The van der Waals surface area contributed by atoms with Crippen LogP contribution in [0, 0.1) is 13.8 Å². The summed E-state index contributed by atoms with van der Waals surface area (Å²) in [6.45, 7) is 8.83. The van der Waals surface area contributed by atoms with Crippen molar-refractivity contribution in [3.63, 3.8) is 0 Å². The molecular formula is C23H30N2O2. The molecule has 27 heavy (non-hydrogen) atoms. The highest BCUT2D eigenvalue weighted by Crippen LogP contribution is 2.13. The van der Waals surface area contributed by atoms with Crippen molar-refractivity contribution >= 4 is 11.8 Å². The number of hydrogen-bond donors (Lipinski definition) is 1. The quantitative estimate of drug-likeness (QED) is 0.778. The number of aryl methyl sites for hydroxylation is 2. The van der Waals surface area contributed by atoms with Crippen molar-refractivity contribution in [2.24, 2.45) is 0 Å². The molecule has 0 fully saturated rings. The van der Waals surface area contributed by atoms with E-state index in [1.807, 2.05) is 63.2 Å². The summed E-state index contributed by atoms with van der Waals surface area (Å²) in [5.74, 6) is -0.131. The van der Waals surface area contributed by atoms with Gasteiger partial charge < -0.3 is 10.2 Å². The molecule has 0 aliphatic heterocycles. The molecule has 0 aliphatic rings. The van der Waals surface area contributed by atoms with Crippen LogP contribution in [0.25, 0.3) is 0 Å². The molecule has 0 heterocycles. The minimum absolute atomic E-state index is 0.0188. The lowest BCUT2D eigenvalue weighted by Gasteiger charge is -2.29. The van der Waals surface area contributed by atoms with E-state index in [0.717, 1.165) is 28.7 Å². The Morgan fingerprint density at radius 1 is 1.00 bits per heavy atom. The maximum absolute atomic E-state index is 13.1. The van der Waals surface area contributed by atoms with Crippen molar-refractivity contribution < 1.29 is 9.59 Å². The SMILES string of the molecule is CCNC(=O)C(C)N(CCc1ccccc1)C(=O)Cc1cc(C)cc(C)c1. The van der Waals surface area contributed by atoms with E-state index < -0.39 is 6.04 Å². The van der Waals surface area contributed by atoms with E-state index in [2.05, 4.69) is 11.4 Å². The maximum Gasteiger partial charge on any atom is 0.242 e. The van der Waals surface area contributed by atoms with Gasteiger partial charge in [0.2, 0.25) is 11.8 Å². The number of carbonyl (C=O) groups is 2. The van der Waals surface area contributed by atoms with E-state index in [9.17, 15) is 9.59 Å². The summed E-state index contributed by atoms with van der Waals surface area (Å²) in [5, 5.41) is 2.83. The first-order chi connectivity index (χ1) is 12.9. The number of amides is 2. The third-order valence-corrected chi connectivity index (χ3v) is 4.64. The van der Waals surface area contributed by atoms with Crippen LogP contribution in [0.3, 0.4) is 0 Å². The Bertz CT molecular complexity index is 751. The van der Waals surface area contributed by atoms with E-state index in [1.165, 1.54) is 0 Å². The second-order valence-electron chi connectivity index (χ2n) is 7.07. The van der Waals surface area contributed by atoms with E-state index in [0.29, 0.717) is 19.5 Å². The molecule has 1 N–H and O–H groups in total. The van der Waals surface area contributed by atoms with Gasteiger partial charge >= 0.3 is 0 Å². The van der Waals surface area contributed by atoms with E-state index in [-0.39, 0.29) is 11.8 Å². The number of hydrogen-bond acceptors (Lipinski definition) is 2. The van der Waals surface area contributed by atoms with Crippen molar-refractivity contribution in [2.45, 2.75) is 46.6 Å². The van der Waals surface area contributed by atoms with Crippen LogP contribution < -0.4 is 5.32 Å². The van der Waals surface area contributed by atoms with Crippen LogP contribution in [-0.4, -0.2) is 35.8 Å². The summed E-state index contributed by atoms with van der Waals surface area (Å²) < 4.78 is 0. The zero-order valence-electron chi connectivity index (χ0n) is 16.8. The third kappa shape index (κ3) is 6.24. The molecule has 0 saturated heterocycles. The molecule has 0 radical (unpaired) electrons. The average molecular weight is 367 g/mol. The van der Waals surface area contributed by atoms with Crippen LogP contribution >= 0.6 is 0 Å². The minimum atomic E-state index is -0.493. The highest BCUT2D eigenvalue weighted by atomic mass is 16.2. The fourth-order valence-corrected chi connectivity index (χ4v) is 3.34. The van der Waals surface area contributed by atoms with Crippen molar-refractivity contribution in [3.8, 4) is 0 Å². The molecule has 2 aromatic rings. The Kier molecular flexibility index (Phi) is 7.59. The van der Waals surface area contributed by atoms with Crippen molar-refractivity contribution in [2.75, 3.05) is 13.1 Å². The van der Waals surface area contributed by atoms with Crippen molar-refractivity contribution in [1.82, 2.24) is 10.2 Å². The summed E-state index contributed by atoms with van der Waals surface area (Å²) in [6.07, 6.45) is 1.03. The second-order valence-corrected chi connectivity index (χ2v) is 7.07. The Morgan fingerprint density at radius 3 is 2.22 bits per heavy atom. The maximum atomic E-state index is 13.1. The summed E-state index contributed by atoms with van der Waals surface area (Å²) in [4.78, 5) is 27.1. The highest BCUT2D eigenvalue weighted by Gasteiger charge is 2.25. The fraction of sp³-hybridized carbons (Fsp3) is 0.391. The zero-order valence-corrected chi connectivity index (χ0v) is 16.8. The molecule has 1 unspecified atom stereocenters. The summed E-state index contributed by atoms with van der Waals surface area (Å²) in [6, 6.07) is 15.7. The summed E-state index contributed by atoms with van der Waals surface area (Å²) >= 11 is 0. The molecule has 4 nitrogen and oxygen atoms in total. The van der Waals surface area contributed by atoms with Gasteiger partial charge in [-0.15, -0.1) is 0 Å². The van der Waals surface area contributed by atoms with Gasteiger partial charge in [-0.1, -0.05) is 59.7 Å². The molecule has 0 saturated carbocycles. The van der Waals surface area contributed by atoms with Gasteiger partial charge in [0.15, 0.2) is 0 Å². The Hall–Kier alpha value is -2.62. The monoisotopic (exact) mass is 366 g/mol. The molecule has 2 aromatic carbocycles. The minimum Gasteiger partial charge on any atom is -0.355 e. The molecular weight excluding hydrogens is 336 g/mol. The van der Waals surface area contributed by atoms with Crippen LogP contribution in [-0.2, 0) is 22.4 Å². The Labute approximate surface area is 162 Å². The second kappa shape index (κ2) is 9.91. The van der Waals surface area contributed by atoms with E-state index in [4.69, 9.17) is 0 Å². The van der Waals surface area contributed by atoms with Crippen LogP contribution in [0.5, 0.6) is 0 Å². The van der Waals surface area contributed by atoms with Crippen LogP contribution in [0.4, 0.5) is 0 Å². The standard InChI is InChI=1S/C23H30N2O2/c1-5-24-23(27)19(4)25(12-11-20-9-7-6-8-10-20)22(26)16-21-14-17(2)13-18(3)15-21/h6-10,13-15,19H,5,11-12,16H2,1-4H3,(H,24,27). The number of benzene rings is 2. The predicted molar refractivity (Wildman–Crippen MR) is 110 cm³/mol. The molecule has 0 bridgehead atoms. The van der Waals surface area contributed by atoms with Gasteiger partial charge in [-0.25, -0.2) is 0 Å². The summed E-state index contributed by atoms with van der Waals surface area (Å²) in [7, 11) is 0. The lowest BCUT2D eigenvalue weighted by Crippen LogP contribution is -2.49. The van der Waals surface area contributed by atoms with Crippen LogP contribution in [0.15, 0.2) is 48.5 Å².